The van der Waals surface area contributed by atoms with Crippen molar-refractivity contribution in [1.82, 2.24) is 5.32 Å². The van der Waals surface area contributed by atoms with Gasteiger partial charge in [-0.3, -0.25) is 25.0 Å². The van der Waals surface area contributed by atoms with Gasteiger partial charge in [0.15, 0.2) is 0 Å². The van der Waals surface area contributed by atoms with E-state index in [-0.39, 0.29) is 18.1 Å². The van der Waals surface area contributed by atoms with Crippen LogP contribution in [0.1, 0.15) is 62.5 Å². The quantitative estimate of drug-likeness (QED) is 0.393. The lowest BCUT2D eigenvalue weighted by atomic mass is 9.85. The lowest BCUT2D eigenvalue weighted by Gasteiger charge is -2.29. The van der Waals surface area contributed by atoms with Crippen LogP contribution in [0, 0.1) is 16.0 Å². The fourth-order valence-corrected chi connectivity index (χ4v) is 5.34. The summed E-state index contributed by atoms with van der Waals surface area (Å²) >= 11 is 0. The van der Waals surface area contributed by atoms with Gasteiger partial charge < -0.3 is 10.0 Å². The summed E-state index contributed by atoms with van der Waals surface area (Å²) in [5.74, 6) is -0.519. The number of amides is 1. The molecule has 2 aliphatic rings. The van der Waals surface area contributed by atoms with Gasteiger partial charge in [0, 0.05) is 17.8 Å². The van der Waals surface area contributed by atoms with E-state index in [0.717, 1.165) is 36.1 Å². The summed E-state index contributed by atoms with van der Waals surface area (Å²) in [6.07, 6.45) is 8.56. The number of para-hydroxylation sites is 1. The topological polar surface area (TPSA) is 113 Å². The van der Waals surface area contributed by atoms with Gasteiger partial charge in [-0.05, 0) is 48.8 Å². The molecule has 2 N–H and O–H groups in total. The zero-order valence-corrected chi connectivity index (χ0v) is 19.9. The molecule has 1 saturated carbocycles. The van der Waals surface area contributed by atoms with Gasteiger partial charge in [0.25, 0.3) is 5.69 Å². The van der Waals surface area contributed by atoms with Gasteiger partial charge in [0.1, 0.15) is 6.04 Å². The highest BCUT2D eigenvalue weighted by atomic mass is 16.6. The Morgan fingerprint density at radius 2 is 1.80 bits per heavy atom. The van der Waals surface area contributed by atoms with Crippen molar-refractivity contribution in [2.45, 2.75) is 76.4 Å². The van der Waals surface area contributed by atoms with E-state index in [1.54, 1.807) is 17.0 Å². The molecule has 0 bridgehead atoms. The number of carbonyl (C=O) groups excluding carboxylic acids is 1. The van der Waals surface area contributed by atoms with Crippen LogP contribution in [0.2, 0.25) is 0 Å². The second-order valence-corrected chi connectivity index (χ2v) is 9.71. The Morgan fingerprint density at radius 1 is 1.09 bits per heavy atom. The number of nitrogens with zero attached hydrogens (tertiary/aromatic N) is 2. The van der Waals surface area contributed by atoms with Gasteiger partial charge >= 0.3 is 5.97 Å². The van der Waals surface area contributed by atoms with E-state index in [9.17, 15) is 24.8 Å². The Balaban J connectivity index is 1.51. The highest BCUT2D eigenvalue weighted by molar-refractivity contribution is 5.98. The molecule has 2 unspecified atom stereocenters. The van der Waals surface area contributed by atoms with Crippen molar-refractivity contribution in [3.05, 3.63) is 69.8 Å². The molecule has 2 atom stereocenters. The van der Waals surface area contributed by atoms with Crippen LogP contribution < -0.4 is 10.2 Å². The minimum absolute atomic E-state index is 0.00171. The first-order valence-corrected chi connectivity index (χ1v) is 12.5. The molecule has 8 nitrogen and oxygen atoms in total. The van der Waals surface area contributed by atoms with Crippen LogP contribution in [0.4, 0.5) is 11.4 Å². The predicted octanol–water partition coefficient (Wildman–Crippen LogP) is 4.85. The van der Waals surface area contributed by atoms with Crippen molar-refractivity contribution in [3.63, 3.8) is 0 Å². The fourth-order valence-electron chi connectivity index (χ4n) is 5.34. The number of carboxylic acids is 1. The van der Waals surface area contributed by atoms with Crippen LogP contribution in [-0.4, -0.2) is 34.0 Å². The molecule has 2 aromatic carbocycles. The predicted molar refractivity (Wildman–Crippen MR) is 133 cm³/mol. The molecule has 1 aliphatic carbocycles. The summed E-state index contributed by atoms with van der Waals surface area (Å²) in [6.45, 7) is 0.256. The van der Waals surface area contributed by atoms with E-state index in [0.29, 0.717) is 25.2 Å². The summed E-state index contributed by atoms with van der Waals surface area (Å²) < 4.78 is 0. The standard InChI is InChI=1S/C27H33N3O5/c31-26-23(28-24(27(32)33)16-12-19-6-2-1-3-7-19)17-13-21-8-4-5-9-25(21)29(26)18-20-10-14-22(15-11-20)30(34)35/h4-5,8-11,14-15,19,23-24,28H,1-3,6-7,12-13,16-18H2,(H,32,33). The number of hydrogen-bond donors (Lipinski definition) is 2. The van der Waals surface area contributed by atoms with Crippen molar-refractivity contribution >= 4 is 23.3 Å². The van der Waals surface area contributed by atoms with Gasteiger partial charge in [0.2, 0.25) is 5.91 Å². The SMILES string of the molecule is O=C(O)C(CCC1CCCCC1)NC1CCc2ccccc2N(Cc2ccc([N+](=O)[O-])cc2)C1=O. The second-order valence-electron chi connectivity index (χ2n) is 9.71. The molecular weight excluding hydrogens is 446 g/mol. The van der Waals surface area contributed by atoms with Crippen LogP contribution in [-0.2, 0) is 22.6 Å². The normalized spacial score (nSPS) is 19.6. The van der Waals surface area contributed by atoms with E-state index < -0.39 is 23.0 Å². The first-order valence-electron chi connectivity index (χ1n) is 12.5. The van der Waals surface area contributed by atoms with E-state index in [2.05, 4.69) is 5.32 Å². The monoisotopic (exact) mass is 479 g/mol. The molecule has 1 amide bonds. The number of hydrogen-bond acceptors (Lipinski definition) is 5. The maximum absolute atomic E-state index is 13.7. The number of non-ortho nitro benzene ring substituents is 1. The van der Waals surface area contributed by atoms with Gasteiger partial charge in [-0.25, -0.2) is 0 Å². The van der Waals surface area contributed by atoms with Crippen molar-refractivity contribution in [3.8, 4) is 0 Å². The Morgan fingerprint density at radius 3 is 2.49 bits per heavy atom. The Labute approximate surface area is 205 Å². The number of carboxylic acid groups (broad SMARTS) is 1. The van der Waals surface area contributed by atoms with E-state index >= 15 is 0 Å². The number of aliphatic carboxylic acids is 1. The highest BCUT2D eigenvalue weighted by Crippen LogP contribution is 2.30. The number of benzene rings is 2. The van der Waals surface area contributed by atoms with E-state index in [1.165, 1.54) is 31.4 Å². The molecule has 1 aliphatic heterocycles. The number of nitro benzene ring substituents is 1. The molecule has 0 radical (unpaired) electrons. The van der Waals surface area contributed by atoms with Crippen molar-refractivity contribution < 1.29 is 19.6 Å². The Kier molecular flexibility index (Phi) is 8.13. The molecule has 0 saturated heterocycles. The van der Waals surface area contributed by atoms with Crippen molar-refractivity contribution in [1.29, 1.82) is 0 Å². The third-order valence-corrected chi connectivity index (χ3v) is 7.33. The lowest BCUT2D eigenvalue weighted by molar-refractivity contribution is -0.384. The number of nitro groups is 1. The van der Waals surface area contributed by atoms with Crippen LogP contribution in [0.5, 0.6) is 0 Å². The summed E-state index contributed by atoms with van der Waals surface area (Å²) in [5.41, 5.74) is 2.60. The molecule has 1 heterocycles. The van der Waals surface area contributed by atoms with Crippen molar-refractivity contribution in [2.75, 3.05) is 4.90 Å². The zero-order valence-electron chi connectivity index (χ0n) is 19.9. The number of rotatable bonds is 9. The van der Waals surface area contributed by atoms with Gasteiger partial charge in [-0.2, -0.15) is 0 Å². The third kappa shape index (κ3) is 6.25. The van der Waals surface area contributed by atoms with Gasteiger partial charge in [-0.1, -0.05) is 62.4 Å². The first kappa shape index (κ1) is 24.9. The summed E-state index contributed by atoms with van der Waals surface area (Å²) in [5, 5.41) is 24.1. The fraction of sp³-hybridized carbons (Fsp3) is 0.481. The van der Waals surface area contributed by atoms with Crippen molar-refractivity contribution in [2.24, 2.45) is 5.92 Å². The molecule has 1 fully saturated rings. The van der Waals surface area contributed by atoms with Crippen LogP contribution in [0.15, 0.2) is 48.5 Å². The molecule has 2 aromatic rings. The lowest BCUT2D eigenvalue weighted by Crippen LogP contribution is -2.51. The second kappa shape index (κ2) is 11.4. The molecular formula is C27H33N3O5. The number of carbonyl (C=O) groups is 2. The molecule has 35 heavy (non-hydrogen) atoms. The third-order valence-electron chi connectivity index (χ3n) is 7.33. The molecule has 0 spiro atoms. The highest BCUT2D eigenvalue weighted by Gasteiger charge is 2.33. The number of anilines is 1. The number of nitrogens with one attached hydrogen (secondary N) is 1. The van der Waals surface area contributed by atoms with E-state index in [1.807, 2.05) is 24.3 Å². The number of fused-ring (bicyclic) bond motifs is 1. The minimum Gasteiger partial charge on any atom is -0.480 e. The Bertz CT molecular complexity index is 1050. The minimum atomic E-state index is -0.919. The first-order chi connectivity index (χ1) is 16.9. The summed E-state index contributed by atoms with van der Waals surface area (Å²) in [6, 6.07) is 12.5. The zero-order chi connectivity index (χ0) is 24.8. The maximum atomic E-state index is 13.7. The average molecular weight is 480 g/mol. The molecule has 4 rings (SSSR count). The van der Waals surface area contributed by atoms with Gasteiger partial charge in [0.05, 0.1) is 17.5 Å². The average Bonchev–Trinajstić information content (AvgIpc) is 2.99. The number of aryl methyl sites for hydroxylation is 1. The Hall–Kier alpha value is -3.26. The molecule has 186 valence electrons. The largest absolute Gasteiger partial charge is 0.480 e. The van der Waals surface area contributed by atoms with Crippen LogP contribution in [0.3, 0.4) is 0 Å². The summed E-state index contributed by atoms with van der Waals surface area (Å²) in [4.78, 5) is 38.0. The van der Waals surface area contributed by atoms with Gasteiger partial charge in [-0.15, -0.1) is 0 Å². The molecule has 8 heteroatoms. The van der Waals surface area contributed by atoms with Crippen LogP contribution in [0.25, 0.3) is 0 Å². The van der Waals surface area contributed by atoms with E-state index in [4.69, 9.17) is 0 Å². The molecule has 0 aromatic heterocycles. The van der Waals surface area contributed by atoms with Crippen LogP contribution >= 0.6 is 0 Å². The maximum Gasteiger partial charge on any atom is 0.320 e. The smallest absolute Gasteiger partial charge is 0.320 e. The summed E-state index contributed by atoms with van der Waals surface area (Å²) in [7, 11) is 0.